The Hall–Kier alpha value is -2.40. The van der Waals surface area contributed by atoms with Crippen molar-refractivity contribution in [2.75, 3.05) is 0 Å². The average molecular weight is 256 g/mol. The third-order valence-corrected chi connectivity index (χ3v) is 3.10. The lowest BCUT2D eigenvalue weighted by Crippen LogP contribution is -2.08. The lowest BCUT2D eigenvalue weighted by Gasteiger charge is -2.03. The minimum absolute atomic E-state index is 0.0483. The van der Waals surface area contributed by atoms with Gasteiger partial charge >= 0.3 is 5.76 Å². The van der Waals surface area contributed by atoms with Crippen molar-refractivity contribution in [1.29, 1.82) is 0 Å². The second-order valence-electron chi connectivity index (χ2n) is 4.35. The monoisotopic (exact) mass is 256 g/mol. The molecule has 0 fully saturated rings. The maximum Gasteiger partial charge on any atom is 0.419 e. The van der Waals surface area contributed by atoms with Gasteiger partial charge in [-0.2, -0.15) is 0 Å². The van der Waals surface area contributed by atoms with E-state index < -0.39 is 0 Å². The minimum atomic E-state index is -0.380. The zero-order valence-corrected chi connectivity index (χ0v) is 10.3. The SMILES string of the molecule is Cn1c(=O)oc2ccc(-c3cncc(CO)c3)cc21. The van der Waals surface area contributed by atoms with Gasteiger partial charge in [0.1, 0.15) is 0 Å². The topological polar surface area (TPSA) is 68.3 Å². The highest BCUT2D eigenvalue weighted by Gasteiger charge is 2.08. The highest BCUT2D eigenvalue weighted by molar-refractivity contribution is 5.80. The molecule has 0 saturated heterocycles. The summed E-state index contributed by atoms with van der Waals surface area (Å²) in [5, 5.41) is 9.13. The number of aliphatic hydroxyl groups is 1. The van der Waals surface area contributed by atoms with E-state index in [4.69, 9.17) is 9.52 Å². The van der Waals surface area contributed by atoms with Gasteiger partial charge in [-0.15, -0.1) is 0 Å². The predicted octanol–water partition coefficient (Wildman–Crippen LogP) is 1.69. The number of benzene rings is 1. The Kier molecular flexibility index (Phi) is 2.68. The van der Waals surface area contributed by atoms with E-state index in [1.807, 2.05) is 18.2 Å². The maximum absolute atomic E-state index is 11.4. The molecule has 2 aromatic heterocycles. The van der Waals surface area contributed by atoms with Gasteiger partial charge in [0.05, 0.1) is 12.1 Å². The number of aryl methyl sites for hydroxylation is 1. The second-order valence-corrected chi connectivity index (χ2v) is 4.35. The van der Waals surface area contributed by atoms with Crippen molar-refractivity contribution in [1.82, 2.24) is 9.55 Å². The van der Waals surface area contributed by atoms with Crippen LogP contribution in [0, 0.1) is 0 Å². The predicted molar refractivity (Wildman–Crippen MR) is 70.6 cm³/mol. The minimum Gasteiger partial charge on any atom is -0.408 e. The lowest BCUT2D eigenvalue weighted by molar-refractivity contribution is 0.281. The molecule has 96 valence electrons. The van der Waals surface area contributed by atoms with Gasteiger partial charge in [0.25, 0.3) is 0 Å². The third kappa shape index (κ3) is 1.94. The van der Waals surface area contributed by atoms with Gasteiger partial charge < -0.3 is 9.52 Å². The van der Waals surface area contributed by atoms with Crippen LogP contribution in [0.2, 0.25) is 0 Å². The first-order valence-electron chi connectivity index (χ1n) is 5.84. The molecule has 0 atom stereocenters. The van der Waals surface area contributed by atoms with Gasteiger partial charge in [-0.05, 0) is 29.3 Å². The van der Waals surface area contributed by atoms with Gasteiger partial charge in [-0.25, -0.2) is 4.79 Å². The van der Waals surface area contributed by atoms with Crippen molar-refractivity contribution in [2.45, 2.75) is 6.61 Å². The van der Waals surface area contributed by atoms with E-state index in [1.165, 1.54) is 4.57 Å². The summed E-state index contributed by atoms with van der Waals surface area (Å²) in [5.41, 5.74) is 3.85. The van der Waals surface area contributed by atoms with Crippen LogP contribution in [0.25, 0.3) is 22.2 Å². The zero-order chi connectivity index (χ0) is 13.4. The Morgan fingerprint density at radius 2 is 2.11 bits per heavy atom. The fourth-order valence-corrected chi connectivity index (χ4v) is 2.04. The van der Waals surface area contributed by atoms with Crippen LogP contribution in [0.5, 0.6) is 0 Å². The number of rotatable bonds is 2. The van der Waals surface area contributed by atoms with Gasteiger partial charge in [0, 0.05) is 25.0 Å². The number of fused-ring (bicyclic) bond motifs is 1. The standard InChI is InChI=1S/C14H12N2O3/c1-16-12-5-10(2-3-13(12)19-14(16)18)11-4-9(8-17)6-15-7-11/h2-7,17H,8H2,1H3. The molecular weight excluding hydrogens is 244 g/mol. The molecule has 0 saturated carbocycles. The van der Waals surface area contributed by atoms with E-state index in [2.05, 4.69) is 4.98 Å². The quantitative estimate of drug-likeness (QED) is 0.757. The highest BCUT2D eigenvalue weighted by Crippen LogP contribution is 2.23. The Bertz CT molecular complexity index is 802. The van der Waals surface area contributed by atoms with E-state index in [-0.39, 0.29) is 12.4 Å². The van der Waals surface area contributed by atoms with Gasteiger partial charge in [-0.3, -0.25) is 9.55 Å². The van der Waals surface area contributed by atoms with Gasteiger partial charge in [0.2, 0.25) is 0 Å². The molecule has 0 aliphatic carbocycles. The molecule has 1 N–H and O–H groups in total. The van der Waals surface area contributed by atoms with Crippen LogP contribution in [0.1, 0.15) is 5.56 Å². The Morgan fingerprint density at radius 3 is 2.89 bits per heavy atom. The van der Waals surface area contributed by atoms with E-state index in [0.29, 0.717) is 5.58 Å². The molecule has 2 heterocycles. The Morgan fingerprint density at radius 1 is 1.26 bits per heavy atom. The molecule has 0 aliphatic rings. The van der Waals surface area contributed by atoms with Crippen LogP contribution in [-0.2, 0) is 13.7 Å². The Labute approximate surface area is 108 Å². The molecule has 0 aliphatic heterocycles. The third-order valence-electron chi connectivity index (χ3n) is 3.10. The summed E-state index contributed by atoms with van der Waals surface area (Å²) in [6, 6.07) is 7.37. The number of hydrogen-bond donors (Lipinski definition) is 1. The molecule has 19 heavy (non-hydrogen) atoms. The van der Waals surface area contributed by atoms with Crippen LogP contribution in [0.4, 0.5) is 0 Å². The molecule has 0 unspecified atom stereocenters. The number of pyridine rings is 1. The molecule has 0 spiro atoms. The summed E-state index contributed by atoms with van der Waals surface area (Å²) in [6.45, 7) is -0.0483. The molecule has 0 amide bonds. The normalized spacial score (nSPS) is 11.1. The van der Waals surface area contributed by atoms with Crippen LogP contribution in [0.15, 0.2) is 45.9 Å². The first kappa shape index (κ1) is 11.7. The van der Waals surface area contributed by atoms with Crippen molar-refractivity contribution in [3.8, 4) is 11.1 Å². The van der Waals surface area contributed by atoms with E-state index in [9.17, 15) is 4.79 Å². The summed E-state index contributed by atoms with van der Waals surface area (Å²) < 4.78 is 6.55. The molecule has 5 heteroatoms. The van der Waals surface area contributed by atoms with Crippen molar-refractivity contribution in [3.05, 3.63) is 52.8 Å². The number of nitrogens with zero attached hydrogens (tertiary/aromatic N) is 2. The zero-order valence-electron chi connectivity index (χ0n) is 10.3. The van der Waals surface area contributed by atoms with E-state index in [1.54, 1.807) is 25.5 Å². The molecule has 0 radical (unpaired) electrons. The number of aliphatic hydroxyl groups excluding tert-OH is 1. The highest BCUT2D eigenvalue weighted by atomic mass is 16.4. The fraction of sp³-hybridized carbons (Fsp3) is 0.143. The first-order chi connectivity index (χ1) is 9.19. The van der Waals surface area contributed by atoms with Gasteiger partial charge in [-0.1, -0.05) is 6.07 Å². The van der Waals surface area contributed by atoms with E-state index >= 15 is 0 Å². The van der Waals surface area contributed by atoms with Crippen LogP contribution < -0.4 is 5.76 Å². The summed E-state index contributed by atoms with van der Waals surface area (Å²) in [5.74, 6) is -0.380. The van der Waals surface area contributed by atoms with Gasteiger partial charge in [0.15, 0.2) is 5.58 Å². The second kappa shape index (κ2) is 4.37. The fourth-order valence-electron chi connectivity index (χ4n) is 2.04. The van der Waals surface area contributed by atoms with Crippen LogP contribution >= 0.6 is 0 Å². The summed E-state index contributed by atoms with van der Waals surface area (Å²) in [6.07, 6.45) is 3.34. The molecule has 1 aromatic carbocycles. The molecular formula is C14H12N2O3. The number of hydrogen-bond acceptors (Lipinski definition) is 4. The van der Waals surface area contributed by atoms with Crippen molar-refractivity contribution in [3.63, 3.8) is 0 Å². The van der Waals surface area contributed by atoms with Crippen molar-refractivity contribution >= 4 is 11.1 Å². The largest absolute Gasteiger partial charge is 0.419 e. The van der Waals surface area contributed by atoms with Crippen LogP contribution in [0.3, 0.4) is 0 Å². The first-order valence-corrected chi connectivity index (χ1v) is 5.84. The smallest absolute Gasteiger partial charge is 0.408 e. The van der Waals surface area contributed by atoms with Crippen molar-refractivity contribution < 1.29 is 9.52 Å². The molecule has 5 nitrogen and oxygen atoms in total. The Balaban J connectivity index is 2.19. The van der Waals surface area contributed by atoms with Crippen LogP contribution in [-0.4, -0.2) is 14.7 Å². The van der Waals surface area contributed by atoms with E-state index in [0.717, 1.165) is 22.2 Å². The summed E-state index contributed by atoms with van der Waals surface area (Å²) >= 11 is 0. The molecule has 3 aromatic rings. The number of oxazole rings is 1. The summed E-state index contributed by atoms with van der Waals surface area (Å²) in [7, 11) is 1.67. The van der Waals surface area contributed by atoms with Crippen molar-refractivity contribution in [2.24, 2.45) is 7.05 Å². The maximum atomic E-state index is 11.4. The lowest BCUT2D eigenvalue weighted by atomic mass is 10.1. The molecule has 3 rings (SSSR count). The summed E-state index contributed by atoms with van der Waals surface area (Å²) in [4.78, 5) is 15.5. The molecule has 0 bridgehead atoms. The average Bonchev–Trinajstić information content (AvgIpc) is 2.74. The number of aromatic nitrogens is 2.